The first-order valence-electron chi connectivity index (χ1n) is 10.3. The average Bonchev–Trinajstić information content (AvgIpc) is 2.84. The Labute approximate surface area is 208 Å². The lowest BCUT2D eigenvalue weighted by Gasteiger charge is -2.24. The fraction of sp³-hybridized carbons (Fsp3) is 0.208. The highest BCUT2D eigenvalue weighted by molar-refractivity contribution is 7.98. The van der Waals surface area contributed by atoms with Crippen molar-refractivity contribution >= 4 is 45.0 Å². The highest BCUT2D eigenvalue weighted by Crippen LogP contribution is 2.26. The van der Waals surface area contributed by atoms with Gasteiger partial charge in [-0.25, -0.2) is 12.8 Å². The minimum atomic E-state index is -4.11. The molecule has 0 atom stereocenters. The molecule has 0 bridgehead atoms. The Bertz CT molecular complexity index is 1190. The molecule has 0 aliphatic rings. The molecule has 0 aliphatic carbocycles. The number of hydrogen-bond donors (Lipinski definition) is 1. The van der Waals surface area contributed by atoms with Crippen molar-refractivity contribution in [3.05, 3.63) is 89.2 Å². The van der Waals surface area contributed by atoms with Gasteiger partial charge in [0.25, 0.3) is 10.0 Å². The van der Waals surface area contributed by atoms with Crippen LogP contribution in [0.3, 0.4) is 0 Å². The number of nitrogens with one attached hydrogen (secondary N) is 1. The number of carbonyl (C=O) groups excluding carboxylic acids is 1. The van der Waals surface area contributed by atoms with Crippen LogP contribution in [0.4, 0.5) is 10.1 Å². The second kappa shape index (κ2) is 12.1. The van der Waals surface area contributed by atoms with Crippen LogP contribution in [0.1, 0.15) is 5.56 Å². The second-order valence-corrected chi connectivity index (χ2v) is 10.6. The van der Waals surface area contributed by atoms with Crippen LogP contribution >= 0.6 is 23.4 Å². The predicted octanol–water partition coefficient (Wildman–Crippen LogP) is 4.73. The third-order valence-electron chi connectivity index (χ3n) is 4.80. The molecule has 0 fully saturated rings. The summed E-state index contributed by atoms with van der Waals surface area (Å²) in [5, 5.41) is 3.44. The van der Waals surface area contributed by atoms with Gasteiger partial charge in [0.05, 0.1) is 17.7 Å². The molecule has 0 aromatic heterocycles. The average molecular weight is 523 g/mol. The lowest BCUT2D eigenvalue weighted by atomic mass is 10.2. The van der Waals surface area contributed by atoms with Crippen molar-refractivity contribution in [1.82, 2.24) is 5.32 Å². The maximum atomic E-state index is 13.3. The molecular weight excluding hydrogens is 499 g/mol. The topological polar surface area (TPSA) is 75.7 Å². The minimum Gasteiger partial charge on any atom is -0.497 e. The van der Waals surface area contributed by atoms with E-state index in [0.29, 0.717) is 23.1 Å². The molecule has 0 aliphatic heterocycles. The van der Waals surface area contributed by atoms with Gasteiger partial charge in [0, 0.05) is 23.1 Å². The number of ether oxygens (including phenoxy) is 1. The van der Waals surface area contributed by atoms with Gasteiger partial charge in [0.2, 0.25) is 5.91 Å². The molecule has 1 N–H and O–H groups in total. The number of amides is 1. The maximum Gasteiger partial charge on any atom is 0.264 e. The fourth-order valence-electron chi connectivity index (χ4n) is 3.02. The van der Waals surface area contributed by atoms with Crippen molar-refractivity contribution in [2.75, 3.05) is 30.3 Å². The number of halogens is 2. The van der Waals surface area contributed by atoms with Crippen LogP contribution in [0.2, 0.25) is 5.02 Å². The first-order chi connectivity index (χ1) is 16.3. The molecule has 0 saturated carbocycles. The number of hydrogen-bond acceptors (Lipinski definition) is 5. The normalized spacial score (nSPS) is 11.1. The minimum absolute atomic E-state index is 0.115. The van der Waals surface area contributed by atoms with Crippen molar-refractivity contribution in [1.29, 1.82) is 0 Å². The Morgan fingerprint density at radius 3 is 2.29 bits per heavy atom. The quantitative estimate of drug-likeness (QED) is 0.368. The Hall–Kier alpha value is -2.75. The van der Waals surface area contributed by atoms with Gasteiger partial charge in [-0.05, 0) is 66.2 Å². The predicted molar refractivity (Wildman–Crippen MR) is 135 cm³/mol. The standard InChI is InChI=1S/C24H24ClFN2O4S2/c1-32-22-10-8-21(9-11-22)28(34(30,31)23-12-6-20(26)7-13-23)16-24(29)27-14-15-33-17-18-2-4-19(25)5-3-18/h2-13H,14-17H2,1H3,(H,27,29). The number of carbonyl (C=O) groups is 1. The number of anilines is 1. The number of nitrogens with zero attached hydrogens (tertiary/aromatic N) is 1. The van der Waals surface area contributed by atoms with E-state index in [0.717, 1.165) is 27.8 Å². The molecule has 34 heavy (non-hydrogen) atoms. The smallest absolute Gasteiger partial charge is 0.264 e. The van der Waals surface area contributed by atoms with Gasteiger partial charge in [-0.2, -0.15) is 11.8 Å². The first-order valence-corrected chi connectivity index (χ1v) is 13.3. The molecule has 10 heteroatoms. The molecule has 0 saturated heterocycles. The highest BCUT2D eigenvalue weighted by atomic mass is 35.5. The van der Waals surface area contributed by atoms with Crippen molar-refractivity contribution in [3.63, 3.8) is 0 Å². The zero-order valence-corrected chi connectivity index (χ0v) is 20.8. The van der Waals surface area contributed by atoms with Crippen LogP contribution < -0.4 is 14.4 Å². The van der Waals surface area contributed by atoms with Crippen LogP contribution in [0.5, 0.6) is 5.75 Å². The van der Waals surface area contributed by atoms with Crippen molar-refractivity contribution in [2.45, 2.75) is 10.6 Å². The van der Waals surface area contributed by atoms with E-state index in [2.05, 4.69) is 5.32 Å². The molecule has 0 spiro atoms. The van der Waals surface area contributed by atoms with Crippen molar-refractivity contribution < 1.29 is 22.3 Å². The van der Waals surface area contributed by atoms with Crippen LogP contribution in [0.25, 0.3) is 0 Å². The summed E-state index contributed by atoms with van der Waals surface area (Å²) >= 11 is 7.52. The van der Waals surface area contributed by atoms with E-state index in [9.17, 15) is 17.6 Å². The third-order valence-corrected chi connectivity index (χ3v) is 7.87. The Kier molecular flexibility index (Phi) is 9.20. The monoisotopic (exact) mass is 522 g/mol. The summed E-state index contributed by atoms with van der Waals surface area (Å²) in [6.45, 7) is -0.0436. The zero-order valence-electron chi connectivity index (χ0n) is 18.4. The van der Waals surface area contributed by atoms with Gasteiger partial charge in [0.15, 0.2) is 0 Å². The van der Waals surface area contributed by atoms with Crippen LogP contribution in [0, 0.1) is 5.82 Å². The van der Waals surface area contributed by atoms with Crippen molar-refractivity contribution in [3.8, 4) is 5.75 Å². The molecule has 3 rings (SSSR count). The summed E-state index contributed by atoms with van der Waals surface area (Å²) in [6, 6.07) is 18.3. The lowest BCUT2D eigenvalue weighted by molar-refractivity contribution is -0.119. The maximum absolute atomic E-state index is 13.3. The highest BCUT2D eigenvalue weighted by Gasteiger charge is 2.27. The number of sulfonamides is 1. The third kappa shape index (κ3) is 7.12. The second-order valence-electron chi connectivity index (χ2n) is 7.19. The number of methoxy groups -OCH3 is 1. The summed E-state index contributed by atoms with van der Waals surface area (Å²) in [7, 11) is -2.61. The summed E-state index contributed by atoms with van der Waals surface area (Å²) < 4.78 is 46.0. The molecule has 0 radical (unpaired) electrons. The summed E-state index contributed by atoms with van der Waals surface area (Å²) in [5.41, 5.74) is 1.41. The molecule has 180 valence electrons. The molecule has 6 nitrogen and oxygen atoms in total. The zero-order chi connectivity index (χ0) is 24.6. The number of thioether (sulfide) groups is 1. The summed E-state index contributed by atoms with van der Waals surface area (Å²) in [4.78, 5) is 12.5. The Morgan fingerprint density at radius 2 is 1.68 bits per heavy atom. The lowest BCUT2D eigenvalue weighted by Crippen LogP contribution is -2.41. The van der Waals surface area contributed by atoms with E-state index >= 15 is 0 Å². The summed E-state index contributed by atoms with van der Waals surface area (Å²) in [6.07, 6.45) is 0. The molecule has 1 amide bonds. The first kappa shape index (κ1) is 25.9. The van der Waals surface area contributed by atoms with E-state index < -0.39 is 28.3 Å². The molecular formula is C24H24ClFN2O4S2. The Balaban J connectivity index is 1.65. The van der Waals surface area contributed by atoms with Gasteiger partial charge in [-0.3, -0.25) is 9.10 Å². The van der Waals surface area contributed by atoms with Gasteiger partial charge in [0.1, 0.15) is 18.1 Å². The molecule has 3 aromatic carbocycles. The van der Waals surface area contributed by atoms with Crippen LogP contribution in [-0.4, -0.2) is 40.3 Å². The van der Waals surface area contributed by atoms with Gasteiger partial charge >= 0.3 is 0 Å². The Morgan fingerprint density at radius 1 is 1.03 bits per heavy atom. The van der Waals surface area contributed by atoms with E-state index in [-0.39, 0.29) is 10.6 Å². The van der Waals surface area contributed by atoms with E-state index in [1.807, 2.05) is 24.3 Å². The molecule has 0 unspecified atom stereocenters. The van der Waals surface area contributed by atoms with Gasteiger partial charge < -0.3 is 10.1 Å². The van der Waals surface area contributed by atoms with Gasteiger partial charge in [-0.15, -0.1) is 0 Å². The number of benzene rings is 3. The SMILES string of the molecule is COc1ccc(N(CC(=O)NCCSCc2ccc(Cl)cc2)S(=O)(=O)c2ccc(F)cc2)cc1. The van der Waals surface area contributed by atoms with E-state index in [1.54, 1.807) is 36.0 Å². The van der Waals surface area contributed by atoms with Crippen LogP contribution in [-0.2, 0) is 20.6 Å². The van der Waals surface area contributed by atoms with Gasteiger partial charge in [-0.1, -0.05) is 23.7 Å². The molecule has 3 aromatic rings. The van der Waals surface area contributed by atoms with E-state index in [4.69, 9.17) is 16.3 Å². The van der Waals surface area contributed by atoms with E-state index in [1.165, 1.54) is 19.2 Å². The number of rotatable bonds is 11. The largest absolute Gasteiger partial charge is 0.497 e. The fourth-order valence-corrected chi connectivity index (χ4v) is 5.38. The summed E-state index contributed by atoms with van der Waals surface area (Å²) in [5.74, 6) is 0.966. The van der Waals surface area contributed by atoms with Crippen molar-refractivity contribution in [2.24, 2.45) is 0 Å². The molecule has 0 heterocycles. The van der Waals surface area contributed by atoms with Crippen LogP contribution in [0.15, 0.2) is 77.7 Å².